The van der Waals surface area contributed by atoms with E-state index in [1.54, 1.807) is 0 Å². The molecule has 5 N–H and O–H groups in total. The molecule has 1 heterocycles. The Morgan fingerprint density at radius 2 is 1.62 bits per heavy atom. The zero-order chi connectivity index (χ0) is 16.5. The van der Waals surface area contributed by atoms with Crippen LogP contribution in [0.1, 0.15) is 45.4 Å². The third kappa shape index (κ3) is 6.18. The number of aliphatic hydroxyl groups is 4. The highest BCUT2D eigenvalue weighted by Gasteiger charge is 2.41. The minimum atomic E-state index is -1.31. The van der Waals surface area contributed by atoms with Gasteiger partial charge in [-0.05, 0) is 19.3 Å². The van der Waals surface area contributed by atoms with Gasteiger partial charge in [0.25, 0.3) is 0 Å². The summed E-state index contributed by atoms with van der Waals surface area (Å²) in [6, 6.07) is -1.42. The Kier molecular flexibility index (Phi) is 8.54. The molecule has 0 bridgehead atoms. The molecule has 1 unspecified atom stereocenters. The SMILES string of the molecule is [2H]N1C(CCCCCCOCCC)[C@H](O)[C@@H](O)[C@H](O)[C@H]1CO. The van der Waals surface area contributed by atoms with E-state index >= 15 is 0 Å². The molecule has 0 aromatic rings. The number of unbranched alkanes of at least 4 members (excludes halogenated alkanes) is 3. The first-order chi connectivity index (χ1) is 10.5. The molecule has 5 atom stereocenters. The van der Waals surface area contributed by atoms with E-state index in [-0.39, 0.29) is 0 Å². The van der Waals surface area contributed by atoms with Gasteiger partial charge >= 0.3 is 0 Å². The van der Waals surface area contributed by atoms with Crippen LogP contribution in [0.2, 0.25) is 1.41 Å². The normalized spacial score (nSPS) is 34.9. The summed E-state index contributed by atoms with van der Waals surface area (Å²) in [5.41, 5.74) is 0. The van der Waals surface area contributed by atoms with Gasteiger partial charge in [-0.2, -0.15) is 0 Å². The van der Waals surface area contributed by atoms with Gasteiger partial charge in [0.2, 0.25) is 0 Å². The summed E-state index contributed by atoms with van der Waals surface area (Å²) >= 11 is 0. The Morgan fingerprint density at radius 1 is 0.952 bits per heavy atom. The predicted molar refractivity (Wildman–Crippen MR) is 80.0 cm³/mol. The lowest BCUT2D eigenvalue weighted by Crippen LogP contribution is -2.65. The van der Waals surface area contributed by atoms with Crippen LogP contribution in [-0.2, 0) is 4.74 Å². The Hall–Kier alpha value is -0.240. The molecule has 0 aliphatic carbocycles. The largest absolute Gasteiger partial charge is 0.395 e. The standard InChI is InChI=1S/C15H31NO5/c1-2-8-21-9-6-4-3-5-7-11-13(18)15(20)14(19)12(10-17)16-11/h11-20H,2-10H2,1H3/t11?,12-,13+,14-,15-/m1/s1/i/hD. The van der Waals surface area contributed by atoms with E-state index in [0.717, 1.165) is 50.6 Å². The van der Waals surface area contributed by atoms with Gasteiger partial charge in [0.15, 0.2) is 0 Å². The first-order valence-electron chi connectivity index (χ1n) is 8.49. The van der Waals surface area contributed by atoms with E-state index in [0.29, 0.717) is 6.42 Å². The van der Waals surface area contributed by atoms with Crippen LogP contribution in [0.3, 0.4) is 0 Å². The number of piperidine rings is 1. The van der Waals surface area contributed by atoms with Crippen molar-refractivity contribution in [3.63, 3.8) is 0 Å². The van der Waals surface area contributed by atoms with Crippen LogP contribution in [-0.4, -0.2) is 70.6 Å². The highest BCUT2D eigenvalue weighted by atomic mass is 16.5. The molecular weight excluding hydrogens is 274 g/mol. The lowest BCUT2D eigenvalue weighted by Gasteiger charge is -2.41. The fourth-order valence-corrected chi connectivity index (χ4v) is 2.64. The molecule has 1 rings (SSSR count). The van der Waals surface area contributed by atoms with E-state index in [1.165, 1.54) is 0 Å². The maximum atomic E-state index is 10.0. The van der Waals surface area contributed by atoms with Gasteiger partial charge in [0.05, 0.1) is 24.9 Å². The average molecular weight is 306 g/mol. The summed E-state index contributed by atoms with van der Waals surface area (Å²) in [6.45, 7) is 3.22. The van der Waals surface area contributed by atoms with Crippen LogP contribution in [0, 0.1) is 0 Å². The van der Waals surface area contributed by atoms with E-state index in [9.17, 15) is 20.4 Å². The third-order valence-corrected chi connectivity index (χ3v) is 3.95. The Balaban J connectivity index is 2.28. The number of nitrogens with one attached hydrogen (secondary N) is 1. The molecule has 21 heavy (non-hydrogen) atoms. The van der Waals surface area contributed by atoms with E-state index in [2.05, 4.69) is 6.92 Å². The van der Waals surface area contributed by atoms with Crippen LogP contribution in [0.4, 0.5) is 0 Å². The van der Waals surface area contributed by atoms with Crippen molar-refractivity contribution in [2.24, 2.45) is 0 Å². The molecule has 0 amide bonds. The highest BCUT2D eigenvalue weighted by molar-refractivity contribution is 4.97. The van der Waals surface area contributed by atoms with Crippen molar-refractivity contribution in [3.05, 3.63) is 0 Å². The Morgan fingerprint density at radius 3 is 2.29 bits per heavy atom. The van der Waals surface area contributed by atoms with Gasteiger partial charge in [-0.25, -0.2) is 0 Å². The Bertz CT molecular complexity index is 297. The Labute approximate surface area is 128 Å². The maximum Gasteiger partial charge on any atom is 0.123 e. The first kappa shape index (κ1) is 17.1. The van der Waals surface area contributed by atoms with Crippen molar-refractivity contribution in [1.29, 1.82) is 0 Å². The van der Waals surface area contributed by atoms with Gasteiger partial charge in [0, 0.05) is 19.3 Å². The summed E-state index contributed by atoms with van der Waals surface area (Å²) in [5.74, 6) is 0. The topological polar surface area (TPSA) is 102 Å². The number of hydrogen-bond acceptors (Lipinski definition) is 6. The number of rotatable bonds is 10. The fraction of sp³-hybridized carbons (Fsp3) is 1.00. The van der Waals surface area contributed by atoms with Crippen molar-refractivity contribution in [2.45, 2.75) is 75.8 Å². The summed E-state index contributed by atoms with van der Waals surface area (Å²) < 4.78 is 13.4. The maximum absolute atomic E-state index is 10.0. The molecule has 0 aromatic carbocycles. The molecule has 126 valence electrons. The van der Waals surface area contributed by atoms with Gasteiger partial charge in [-0.1, -0.05) is 26.2 Å². The van der Waals surface area contributed by atoms with Crippen molar-refractivity contribution >= 4 is 0 Å². The molecule has 0 saturated carbocycles. The smallest absolute Gasteiger partial charge is 0.123 e. The van der Waals surface area contributed by atoms with E-state index < -0.39 is 37.0 Å². The monoisotopic (exact) mass is 306 g/mol. The molecule has 1 fully saturated rings. The quantitative estimate of drug-likeness (QED) is 0.358. The molecule has 0 aromatic heterocycles. The summed E-state index contributed by atoms with van der Waals surface area (Å²) in [4.78, 5) is 0. The molecule has 0 radical (unpaired) electrons. The zero-order valence-electron chi connectivity index (χ0n) is 13.9. The first-order valence-corrected chi connectivity index (χ1v) is 8.04. The second-order valence-corrected chi connectivity index (χ2v) is 5.75. The molecule has 1 aliphatic rings. The van der Waals surface area contributed by atoms with Crippen LogP contribution < -0.4 is 5.31 Å². The van der Waals surface area contributed by atoms with Crippen molar-refractivity contribution < 1.29 is 26.6 Å². The minimum absolute atomic E-state index is 0.417. The molecule has 1 saturated heterocycles. The summed E-state index contributed by atoms with van der Waals surface area (Å²) in [7, 11) is 0. The van der Waals surface area contributed by atoms with Crippen molar-refractivity contribution in [1.82, 2.24) is 5.31 Å². The summed E-state index contributed by atoms with van der Waals surface area (Å²) in [5, 5.41) is 39.9. The minimum Gasteiger partial charge on any atom is -0.395 e. The van der Waals surface area contributed by atoms with Crippen LogP contribution >= 0.6 is 0 Å². The van der Waals surface area contributed by atoms with Crippen molar-refractivity contribution in [2.75, 3.05) is 19.8 Å². The fourth-order valence-electron chi connectivity index (χ4n) is 2.64. The van der Waals surface area contributed by atoms with Crippen LogP contribution in [0.25, 0.3) is 0 Å². The number of ether oxygens (including phenoxy) is 1. The van der Waals surface area contributed by atoms with Gasteiger partial charge < -0.3 is 30.5 Å². The van der Waals surface area contributed by atoms with Gasteiger partial charge in [0.1, 0.15) is 7.52 Å². The predicted octanol–water partition coefficient (Wildman–Crippen LogP) is -0.221. The van der Waals surface area contributed by atoms with Gasteiger partial charge in [-0.15, -0.1) is 0 Å². The zero-order valence-corrected chi connectivity index (χ0v) is 12.9. The van der Waals surface area contributed by atoms with Crippen LogP contribution in [0.15, 0.2) is 0 Å². The van der Waals surface area contributed by atoms with E-state index in [4.69, 9.17) is 6.15 Å². The molecule has 6 nitrogen and oxygen atoms in total. The van der Waals surface area contributed by atoms with E-state index in [1.807, 2.05) is 0 Å². The third-order valence-electron chi connectivity index (χ3n) is 3.95. The van der Waals surface area contributed by atoms with Gasteiger partial charge in [-0.3, -0.25) is 0 Å². The molecular formula is C15H31NO5. The molecule has 0 spiro atoms. The average Bonchev–Trinajstić information content (AvgIpc) is 2.51. The second-order valence-electron chi connectivity index (χ2n) is 5.75. The number of aliphatic hydroxyl groups excluding tert-OH is 4. The number of hydrogen-bond donors (Lipinski definition) is 5. The highest BCUT2D eigenvalue weighted by Crippen LogP contribution is 2.19. The molecule has 1 aliphatic heterocycles. The second kappa shape index (κ2) is 10.5. The molecule has 6 heteroatoms. The summed E-state index contributed by atoms with van der Waals surface area (Å²) in [6.07, 6.45) is 1.62. The van der Waals surface area contributed by atoms with Crippen LogP contribution in [0.5, 0.6) is 0 Å². The van der Waals surface area contributed by atoms with Crippen molar-refractivity contribution in [3.8, 4) is 0 Å². The lowest BCUT2D eigenvalue weighted by atomic mass is 9.88. The lowest BCUT2D eigenvalue weighted by molar-refractivity contribution is -0.120.